The molecule has 0 fully saturated rings. The Hall–Kier alpha value is -2.87. The van der Waals surface area contributed by atoms with E-state index in [0.29, 0.717) is 24.3 Å². The van der Waals surface area contributed by atoms with E-state index in [2.05, 4.69) is 0 Å². The molecule has 100 valence electrons. The van der Waals surface area contributed by atoms with Crippen LogP contribution in [0.3, 0.4) is 0 Å². The number of rotatable bonds is 5. The highest BCUT2D eigenvalue weighted by molar-refractivity contribution is 5.35. The Kier molecular flexibility index (Phi) is 4.30. The maximum absolute atomic E-state index is 10.5. The minimum atomic E-state index is -0.420. The van der Waals surface area contributed by atoms with Crippen LogP contribution >= 0.6 is 0 Å². The van der Waals surface area contributed by atoms with Gasteiger partial charge in [-0.2, -0.15) is 5.26 Å². The molecular formula is C15H12N2O3. The predicted octanol–water partition coefficient (Wildman–Crippen LogP) is 3.09. The molecule has 0 atom stereocenters. The van der Waals surface area contributed by atoms with E-state index >= 15 is 0 Å². The first kappa shape index (κ1) is 13.6. The van der Waals surface area contributed by atoms with Gasteiger partial charge in [0, 0.05) is 18.6 Å². The van der Waals surface area contributed by atoms with Crippen LogP contribution in [0, 0.1) is 21.4 Å². The van der Waals surface area contributed by atoms with Crippen molar-refractivity contribution in [1.82, 2.24) is 0 Å². The van der Waals surface area contributed by atoms with E-state index in [4.69, 9.17) is 10.00 Å². The molecule has 0 heterocycles. The van der Waals surface area contributed by atoms with Crippen LogP contribution in [0.2, 0.25) is 0 Å². The van der Waals surface area contributed by atoms with Crippen molar-refractivity contribution in [3.63, 3.8) is 0 Å². The van der Waals surface area contributed by atoms with Crippen LogP contribution in [-0.4, -0.2) is 11.5 Å². The van der Waals surface area contributed by atoms with Gasteiger partial charge in [0.25, 0.3) is 5.69 Å². The van der Waals surface area contributed by atoms with Crippen molar-refractivity contribution in [2.24, 2.45) is 0 Å². The number of benzene rings is 2. The lowest BCUT2D eigenvalue weighted by Gasteiger charge is -2.06. The smallest absolute Gasteiger partial charge is 0.269 e. The van der Waals surface area contributed by atoms with Gasteiger partial charge in [-0.05, 0) is 29.8 Å². The quantitative estimate of drug-likeness (QED) is 0.616. The molecule has 2 rings (SSSR count). The number of hydrogen-bond acceptors (Lipinski definition) is 4. The molecule has 0 aliphatic rings. The molecule has 0 aliphatic heterocycles. The number of nitro groups is 1. The van der Waals surface area contributed by atoms with Crippen molar-refractivity contribution < 1.29 is 9.66 Å². The van der Waals surface area contributed by atoms with Gasteiger partial charge in [0.1, 0.15) is 5.75 Å². The van der Waals surface area contributed by atoms with Gasteiger partial charge >= 0.3 is 0 Å². The fourth-order valence-electron chi connectivity index (χ4n) is 1.70. The molecule has 0 unspecified atom stereocenters. The highest BCUT2D eigenvalue weighted by Crippen LogP contribution is 2.14. The van der Waals surface area contributed by atoms with Gasteiger partial charge in [-0.1, -0.05) is 12.1 Å². The minimum Gasteiger partial charge on any atom is -0.493 e. The van der Waals surface area contributed by atoms with Gasteiger partial charge < -0.3 is 4.74 Å². The topological polar surface area (TPSA) is 76.2 Å². The molecule has 0 N–H and O–H groups in total. The second-order valence-electron chi connectivity index (χ2n) is 4.16. The molecule has 0 amide bonds. The standard InChI is InChI=1S/C15H12N2O3/c16-11-13-3-7-15(8-4-13)20-10-9-12-1-5-14(6-2-12)17(18)19/h1-8H,9-10H2. The molecule has 20 heavy (non-hydrogen) atoms. The normalized spacial score (nSPS) is 9.75. The molecule has 0 aliphatic carbocycles. The molecule has 2 aromatic carbocycles. The van der Waals surface area contributed by atoms with Gasteiger partial charge in [-0.3, -0.25) is 10.1 Å². The van der Waals surface area contributed by atoms with E-state index < -0.39 is 4.92 Å². The maximum Gasteiger partial charge on any atom is 0.269 e. The monoisotopic (exact) mass is 268 g/mol. The molecule has 5 heteroatoms. The Morgan fingerprint density at radius 2 is 1.75 bits per heavy atom. The molecule has 0 saturated carbocycles. The van der Waals surface area contributed by atoms with Gasteiger partial charge in [-0.25, -0.2) is 0 Å². The fourth-order valence-corrected chi connectivity index (χ4v) is 1.70. The van der Waals surface area contributed by atoms with E-state index in [1.807, 2.05) is 6.07 Å². The SMILES string of the molecule is N#Cc1ccc(OCCc2ccc([N+](=O)[O-])cc2)cc1. The third-order valence-corrected chi connectivity index (χ3v) is 2.79. The summed E-state index contributed by atoms with van der Waals surface area (Å²) in [5.41, 5.74) is 1.65. The van der Waals surface area contributed by atoms with Crippen molar-refractivity contribution in [3.8, 4) is 11.8 Å². The molecular weight excluding hydrogens is 256 g/mol. The summed E-state index contributed by atoms with van der Waals surface area (Å²) < 4.78 is 5.54. The molecule has 0 radical (unpaired) electrons. The van der Waals surface area contributed by atoms with Crippen LogP contribution in [0.15, 0.2) is 48.5 Å². The van der Waals surface area contributed by atoms with Gasteiger partial charge in [0.2, 0.25) is 0 Å². The van der Waals surface area contributed by atoms with E-state index in [1.165, 1.54) is 12.1 Å². The van der Waals surface area contributed by atoms with Crippen LogP contribution in [0.4, 0.5) is 5.69 Å². The van der Waals surface area contributed by atoms with Crippen LogP contribution in [0.25, 0.3) is 0 Å². The maximum atomic E-state index is 10.5. The van der Waals surface area contributed by atoms with Gasteiger partial charge in [0.15, 0.2) is 0 Å². The van der Waals surface area contributed by atoms with E-state index in [0.717, 1.165) is 5.56 Å². The predicted molar refractivity (Wildman–Crippen MR) is 73.5 cm³/mol. The highest BCUT2D eigenvalue weighted by atomic mass is 16.6. The zero-order valence-corrected chi connectivity index (χ0v) is 10.7. The number of hydrogen-bond donors (Lipinski definition) is 0. The Balaban J connectivity index is 1.86. The molecule has 5 nitrogen and oxygen atoms in total. The summed E-state index contributed by atoms with van der Waals surface area (Å²) in [5.74, 6) is 0.700. The van der Waals surface area contributed by atoms with E-state index in [-0.39, 0.29) is 5.69 Å². The summed E-state index contributed by atoms with van der Waals surface area (Å²) >= 11 is 0. The van der Waals surface area contributed by atoms with Crippen molar-refractivity contribution in [1.29, 1.82) is 5.26 Å². The summed E-state index contributed by atoms with van der Waals surface area (Å²) in [6.07, 6.45) is 0.665. The average Bonchev–Trinajstić information content (AvgIpc) is 2.48. The first-order valence-corrected chi connectivity index (χ1v) is 6.05. The van der Waals surface area contributed by atoms with Crippen molar-refractivity contribution >= 4 is 5.69 Å². The average molecular weight is 268 g/mol. The van der Waals surface area contributed by atoms with Gasteiger partial charge in [0.05, 0.1) is 23.2 Å². The zero-order valence-electron chi connectivity index (χ0n) is 10.7. The molecule has 0 bridgehead atoms. The van der Waals surface area contributed by atoms with E-state index in [1.54, 1.807) is 36.4 Å². The Morgan fingerprint density at radius 1 is 1.10 bits per heavy atom. The summed E-state index contributed by atoms with van der Waals surface area (Å²) in [4.78, 5) is 10.1. The van der Waals surface area contributed by atoms with Crippen molar-refractivity contribution in [2.45, 2.75) is 6.42 Å². The summed E-state index contributed by atoms with van der Waals surface area (Å²) in [5, 5.41) is 19.2. The number of nitrogens with zero attached hydrogens (tertiary/aromatic N) is 2. The first-order valence-electron chi connectivity index (χ1n) is 6.05. The highest BCUT2D eigenvalue weighted by Gasteiger charge is 2.03. The van der Waals surface area contributed by atoms with Crippen molar-refractivity contribution in [2.75, 3.05) is 6.61 Å². The first-order chi connectivity index (χ1) is 9.69. The summed E-state index contributed by atoms with van der Waals surface area (Å²) in [6.45, 7) is 0.476. The van der Waals surface area contributed by atoms with Crippen molar-refractivity contribution in [3.05, 3.63) is 69.8 Å². The van der Waals surface area contributed by atoms with Gasteiger partial charge in [-0.15, -0.1) is 0 Å². The summed E-state index contributed by atoms with van der Waals surface area (Å²) in [7, 11) is 0. The molecule has 2 aromatic rings. The van der Waals surface area contributed by atoms with E-state index in [9.17, 15) is 10.1 Å². The lowest BCUT2D eigenvalue weighted by Crippen LogP contribution is -2.01. The molecule has 0 saturated heterocycles. The van der Waals surface area contributed by atoms with Crippen LogP contribution in [0.1, 0.15) is 11.1 Å². The minimum absolute atomic E-state index is 0.0850. The zero-order chi connectivity index (χ0) is 14.4. The van der Waals surface area contributed by atoms with Crippen LogP contribution in [0.5, 0.6) is 5.75 Å². The lowest BCUT2D eigenvalue weighted by atomic mass is 10.1. The Morgan fingerprint density at radius 3 is 2.30 bits per heavy atom. The second kappa shape index (κ2) is 6.34. The Bertz CT molecular complexity index is 628. The lowest BCUT2D eigenvalue weighted by molar-refractivity contribution is -0.384. The molecule has 0 aromatic heterocycles. The largest absolute Gasteiger partial charge is 0.493 e. The number of nitriles is 1. The third kappa shape index (κ3) is 3.56. The van der Waals surface area contributed by atoms with Crippen LogP contribution < -0.4 is 4.74 Å². The van der Waals surface area contributed by atoms with Crippen LogP contribution in [-0.2, 0) is 6.42 Å². The fraction of sp³-hybridized carbons (Fsp3) is 0.133. The Labute approximate surface area is 116 Å². The second-order valence-corrected chi connectivity index (χ2v) is 4.16. The third-order valence-electron chi connectivity index (χ3n) is 2.79. The summed E-state index contributed by atoms with van der Waals surface area (Å²) in [6, 6.07) is 15.3. The number of ether oxygens (including phenoxy) is 1. The molecule has 0 spiro atoms. The number of non-ortho nitro benzene ring substituents is 1. The number of nitro benzene ring substituents is 1.